The largest absolute Gasteiger partial charge is 0.309 e. The maximum absolute atomic E-state index is 15.1. The Labute approximate surface area is 245 Å². The van der Waals surface area contributed by atoms with Crippen LogP contribution in [0.1, 0.15) is 29.7 Å². The van der Waals surface area contributed by atoms with Crippen molar-refractivity contribution in [2.75, 3.05) is 0 Å². The molecule has 5 heteroatoms. The van der Waals surface area contributed by atoms with Gasteiger partial charge in [0.15, 0.2) is 14.3 Å². The van der Waals surface area contributed by atoms with Gasteiger partial charge in [-0.3, -0.25) is 0 Å². The first-order valence-corrected chi connectivity index (χ1v) is 18.3. The van der Waals surface area contributed by atoms with E-state index in [1.165, 1.54) is 9.58 Å². The molecular weight excluding hydrogens is 558 g/mol. The highest BCUT2D eigenvalue weighted by molar-refractivity contribution is 7.83. The lowest BCUT2D eigenvalue weighted by Gasteiger charge is -2.25. The fourth-order valence-electron chi connectivity index (χ4n) is 6.10. The molecule has 5 aromatic rings. The second-order valence-corrected chi connectivity index (χ2v) is 17.3. The van der Waals surface area contributed by atoms with Gasteiger partial charge in [-0.15, -0.1) is 11.3 Å². The van der Waals surface area contributed by atoms with Crippen molar-refractivity contribution in [1.29, 1.82) is 0 Å². The topological polar surface area (TPSA) is 34.1 Å². The highest BCUT2D eigenvalue weighted by Gasteiger charge is 2.35. The average Bonchev–Trinajstić information content (AvgIpc) is 3.43. The van der Waals surface area contributed by atoms with Crippen LogP contribution in [0.25, 0.3) is 16.2 Å². The average molecular weight is 589 g/mol. The summed E-state index contributed by atoms with van der Waals surface area (Å²) >= 11 is 1.80. The van der Waals surface area contributed by atoms with Gasteiger partial charge in [-0.05, 0) is 60.8 Å². The first kappa shape index (κ1) is 26.4. The second kappa shape index (κ2) is 10.7. The van der Waals surface area contributed by atoms with E-state index < -0.39 is 14.3 Å². The summed E-state index contributed by atoms with van der Waals surface area (Å²) in [6.07, 6.45) is 12.0. The molecule has 0 fully saturated rings. The molecule has 202 valence electrons. The van der Waals surface area contributed by atoms with Crippen molar-refractivity contribution in [2.45, 2.75) is 25.7 Å². The summed E-state index contributed by atoms with van der Waals surface area (Å²) in [7, 11) is -6.09. The predicted molar refractivity (Wildman–Crippen MR) is 178 cm³/mol. The molecule has 0 spiro atoms. The van der Waals surface area contributed by atoms with Gasteiger partial charge in [0.05, 0.1) is 0 Å². The highest BCUT2D eigenvalue weighted by Crippen LogP contribution is 2.57. The van der Waals surface area contributed by atoms with E-state index in [4.69, 9.17) is 0 Å². The first-order chi connectivity index (χ1) is 20.1. The predicted octanol–water partition coefficient (Wildman–Crippen LogP) is 8.75. The molecule has 1 unspecified atom stereocenters. The Morgan fingerprint density at radius 3 is 1.80 bits per heavy atom. The molecule has 4 aromatic carbocycles. The lowest BCUT2D eigenvalue weighted by Crippen LogP contribution is -2.18. The maximum atomic E-state index is 15.1. The number of hydrogen-bond donors (Lipinski definition) is 0. The standard InChI is InChI=1S/C36H30O2P2S/c37-39(27-13-5-1-6-14-27,28-15-7-2-8-16-28)31-21-23-35-33(25-31)34-26-32(22-24-36(34)41-35)40(38,29-17-9-3-10-18-29)30-19-11-4-12-20-30/h1-3,5-11,13-20,22,24-26H,4,12,21,23H2. The normalized spacial score (nSPS) is 16.5. The third-order valence-electron chi connectivity index (χ3n) is 8.17. The van der Waals surface area contributed by atoms with Crippen molar-refractivity contribution in [3.8, 4) is 0 Å². The van der Waals surface area contributed by atoms with E-state index in [2.05, 4.69) is 42.5 Å². The summed E-state index contributed by atoms with van der Waals surface area (Å²) in [5.41, 5.74) is 1.13. The lowest BCUT2D eigenvalue weighted by atomic mass is 10.0. The van der Waals surface area contributed by atoms with Gasteiger partial charge < -0.3 is 9.13 Å². The Morgan fingerprint density at radius 1 is 0.610 bits per heavy atom. The molecule has 41 heavy (non-hydrogen) atoms. The quantitative estimate of drug-likeness (QED) is 0.186. The van der Waals surface area contributed by atoms with Crippen molar-refractivity contribution >= 4 is 63.0 Å². The molecule has 2 aliphatic rings. The van der Waals surface area contributed by atoms with Gasteiger partial charge in [0, 0.05) is 41.5 Å². The van der Waals surface area contributed by atoms with Crippen molar-refractivity contribution < 1.29 is 9.13 Å². The summed E-state index contributed by atoms with van der Waals surface area (Å²) in [5.74, 6) is 0. The molecule has 0 saturated heterocycles. The van der Waals surface area contributed by atoms with E-state index in [0.29, 0.717) is 0 Å². The van der Waals surface area contributed by atoms with Crippen LogP contribution in [0, 0.1) is 0 Å². The van der Waals surface area contributed by atoms with Gasteiger partial charge in [0.25, 0.3) is 0 Å². The third kappa shape index (κ3) is 4.48. The summed E-state index contributed by atoms with van der Waals surface area (Å²) in [5, 5.41) is 6.43. The number of thiophene rings is 1. The highest BCUT2D eigenvalue weighted by atomic mass is 32.1. The summed E-state index contributed by atoms with van der Waals surface area (Å²) in [6.45, 7) is 0. The number of rotatable bonds is 6. The van der Waals surface area contributed by atoms with E-state index in [9.17, 15) is 0 Å². The molecule has 1 aromatic heterocycles. The molecule has 0 radical (unpaired) electrons. The Morgan fingerprint density at radius 2 is 1.22 bits per heavy atom. The van der Waals surface area contributed by atoms with Crippen molar-refractivity contribution in [3.63, 3.8) is 0 Å². The monoisotopic (exact) mass is 588 g/mol. The Hall–Kier alpha value is -3.48. The van der Waals surface area contributed by atoms with Crippen LogP contribution < -0.4 is 21.2 Å². The second-order valence-electron chi connectivity index (χ2n) is 10.6. The van der Waals surface area contributed by atoms with Crippen LogP contribution >= 0.6 is 25.6 Å². The third-order valence-corrected chi connectivity index (χ3v) is 15.7. The van der Waals surface area contributed by atoms with Gasteiger partial charge >= 0.3 is 0 Å². The van der Waals surface area contributed by atoms with Gasteiger partial charge in [0.1, 0.15) is 0 Å². The van der Waals surface area contributed by atoms with Crippen LogP contribution in [-0.2, 0) is 15.6 Å². The van der Waals surface area contributed by atoms with Gasteiger partial charge in [-0.25, -0.2) is 0 Å². The molecule has 0 N–H and O–H groups in total. The zero-order chi connectivity index (χ0) is 27.9. The Kier molecular flexibility index (Phi) is 6.92. The van der Waals surface area contributed by atoms with Crippen LogP contribution in [-0.4, -0.2) is 0 Å². The molecule has 2 aliphatic carbocycles. The van der Waals surface area contributed by atoms with Gasteiger partial charge in [0.2, 0.25) is 0 Å². The fraction of sp³-hybridized carbons (Fsp3) is 0.111. The number of allylic oxidation sites excluding steroid dienone is 5. The van der Waals surface area contributed by atoms with Crippen molar-refractivity contribution in [1.82, 2.24) is 0 Å². The number of fused-ring (bicyclic) bond motifs is 3. The summed E-state index contributed by atoms with van der Waals surface area (Å²) in [6, 6.07) is 36.1. The van der Waals surface area contributed by atoms with Crippen molar-refractivity contribution in [3.05, 3.63) is 148 Å². The van der Waals surface area contributed by atoms with E-state index in [0.717, 1.165) is 68.5 Å². The van der Waals surface area contributed by atoms with Crippen LogP contribution in [0.4, 0.5) is 0 Å². The van der Waals surface area contributed by atoms with Crippen LogP contribution in [0.2, 0.25) is 0 Å². The minimum atomic E-state index is -3.06. The molecule has 7 rings (SSSR count). The smallest absolute Gasteiger partial charge is 0.170 e. The number of aryl methyl sites for hydroxylation is 1. The molecule has 0 aliphatic heterocycles. The van der Waals surface area contributed by atoms with E-state index in [1.807, 2.05) is 91.0 Å². The van der Waals surface area contributed by atoms with E-state index in [1.54, 1.807) is 11.3 Å². The number of benzene rings is 4. The summed E-state index contributed by atoms with van der Waals surface area (Å²) in [4.78, 5) is 1.31. The van der Waals surface area contributed by atoms with Gasteiger partial charge in [-0.2, -0.15) is 0 Å². The van der Waals surface area contributed by atoms with Crippen LogP contribution in [0.3, 0.4) is 0 Å². The Bertz CT molecular complexity index is 1890. The molecule has 1 atom stereocenters. The zero-order valence-electron chi connectivity index (χ0n) is 22.6. The first-order valence-electron chi connectivity index (χ1n) is 14.1. The number of hydrogen-bond acceptors (Lipinski definition) is 3. The SMILES string of the molecule is O=P(C1=CCCC=C1)(c1ccccc1)c1ccc2sc3c(c2c1)C=C(P(=O)(c1ccccc1)c1ccccc1)CC3. The molecule has 0 saturated carbocycles. The minimum Gasteiger partial charge on any atom is -0.309 e. The van der Waals surface area contributed by atoms with E-state index >= 15 is 9.13 Å². The summed E-state index contributed by atoms with van der Waals surface area (Å²) < 4.78 is 31.4. The molecule has 2 nitrogen and oxygen atoms in total. The van der Waals surface area contributed by atoms with Crippen LogP contribution in [0.15, 0.2) is 138 Å². The fourth-order valence-corrected chi connectivity index (χ4v) is 12.9. The zero-order valence-corrected chi connectivity index (χ0v) is 25.3. The van der Waals surface area contributed by atoms with Crippen molar-refractivity contribution in [2.24, 2.45) is 0 Å². The van der Waals surface area contributed by atoms with Gasteiger partial charge in [-0.1, -0.05) is 109 Å². The van der Waals surface area contributed by atoms with E-state index in [-0.39, 0.29) is 0 Å². The Balaban J connectivity index is 1.42. The van der Waals surface area contributed by atoms with Crippen LogP contribution in [0.5, 0.6) is 0 Å². The molecule has 0 bridgehead atoms. The molecular formula is C36H30O2P2S. The maximum Gasteiger partial charge on any atom is 0.170 e. The molecule has 0 amide bonds. The molecule has 1 heterocycles. The minimum absolute atomic E-state index is 0.758. The lowest BCUT2D eigenvalue weighted by molar-refractivity contribution is 0.589.